The maximum atomic E-state index is 12.0. The highest BCUT2D eigenvalue weighted by Gasteiger charge is 2.37. The third-order valence-corrected chi connectivity index (χ3v) is 5.38. The monoisotopic (exact) mass is 436 g/mol. The topological polar surface area (TPSA) is 124 Å². The Morgan fingerprint density at radius 2 is 1.38 bits per heavy atom. The fourth-order valence-corrected chi connectivity index (χ4v) is 3.38. The van der Waals surface area contributed by atoms with Gasteiger partial charge in [-0.1, -0.05) is 70.4 Å². The van der Waals surface area contributed by atoms with Gasteiger partial charge in [0, 0.05) is 6.42 Å². The summed E-state index contributed by atoms with van der Waals surface area (Å²) in [5, 5.41) is 19.2. The lowest BCUT2D eigenvalue weighted by Crippen LogP contribution is -2.46. The molecular formula is C21H41O7P. The van der Waals surface area contributed by atoms with Crippen LogP contribution >= 0.6 is 7.82 Å². The van der Waals surface area contributed by atoms with Gasteiger partial charge in [0.1, 0.15) is 0 Å². The number of allylic oxidation sites excluding steroid dienone is 2. The lowest BCUT2D eigenvalue weighted by molar-refractivity contribution is -0.146. The predicted octanol–water partition coefficient (Wildman–Crippen LogP) is 4.43. The van der Waals surface area contributed by atoms with Gasteiger partial charge in [0.05, 0.1) is 13.2 Å². The summed E-state index contributed by atoms with van der Waals surface area (Å²) in [5.74, 6) is -0.661. The number of Topliss-reactive ketones (excluding diaryl/α,β-unsaturated/α-hetero) is 1. The average molecular weight is 437 g/mol. The van der Waals surface area contributed by atoms with Crippen LogP contribution in [0.2, 0.25) is 0 Å². The smallest absolute Gasteiger partial charge is 0.393 e. The minimum atomic E-state index is -4.81. The molecule has 8 heteroatoms. The van der Waals surface area contributed by atoms with Crippen molar-refractivity contribution in [1.29, 1.82) is 0 Å². The molecule has 0 aliphatic heterocycles. The molecule has 1 unspecified atom stereocenters. The first-order valence-electron chi connectivity index (χ1n) is 11.0. The van der Waals surface area contributed by atoms with E-state index in [2.05, 4.69) is 23.6 Å². The van der Waals surface area contributed by atoms with Crippen molar-refractivity contribution in [2.45, 2.75) is 102 Å². The molecule has 0 aliphatic carbocycles. The first-order chi connectivity index (χ1) is 13.7. The van der Waals surface area contributed by atoms with Gasteiger partial charge in [-0.25, -0.2) is 4.57 Å². The number of hydrogen-bond acceptors (Lipinski definition) is 5. The number of aliphatic hydroxyl groups is 2. The van der Waals surface area contributed by atoms with E-state index in [-0.39, 0.29) is 6.42 Å². The summed E-state index contributed by atoms with van der Waals surface area (Å²) >= 11 is 0. The second-order valence-corrected chi connectivity index (χ2v) is 8.95. The third kappa shape index (κ3) is 16.9. The molecule has 0 fully saturated rings. The Morgan fingerprint density at radius 1 is 0.897 bits per heavy atom. The number of phosphoric ester groups is 1. The maximum absolute atomic E-state index is 12.0. The van der Waals surface area contributed by atoms with E-state index in [0.717, 1.165) is 38.5 Å². The van der Waals surface area contributed by atoms with E-state index in [1.807, 2.05) is 0 Å². The second kappa shape index (κ2) is 17.2. The molecule has 7 nitrogen and oxygen atoms in total. The van der Waals surface area contributed by atoms with Gasteiger partial charge in [-0.15, -0.1) is 0 Å². The quantitative estimate of drug-likeness (QED) is 0.126. The van der Waals surface area contributed by atoms with E-state index in [1.54, 1.807) is 0 Å². The van der Waals surface area contributed by atoms with Crippen LogP contribution in [0.4, 0.5) is 0 Å². The molecule has 0 aromatic heterocycles. The minimum Gasteiger partial charge on any atom is -0.393 e. The summed E-state index contributed by atoms with van der Waals surface area (Å²) in [6.07, 6.45) is 19.3. The Bertz CT molecular complexity index is 489. The molecule has 0 saturated heterocycles. The summed E-state index contributed by atoms with van der Waals surface area (Å²) in [6.45, 7) is 0.377. The van der Waals surface area contributed by atoms with Crippen molar-refractivity contribution in [2.24, 2.45) is 0 Å². The van der Waals surface area contributed by atoms with Crippen LogP contribution in [0.15, 0.2) is 12.2 Å². The van der Waals surface area contributed by atoms with E-state index >= 15 is 0 Å². The van der Waals surface area contributed by atoms with Crippen molar-refractivity contribution >= 4 is 13.6 Å². The highest BCUT2D eigenvalue weighted by Crippen LogP contribution is 2.37. The van der Waals surface area contributed by atoms with Crippen LogP contribution in [-0.4, -0.2) is 44.6 Å². The lowest BCUT2D eigenvalue weighted by Gasteiger charge is -2.24. The van der Waals surface area contributed by atoms with Crippen LogP contribution in [0.5, 0.6) is 0 Å². The van der Waals surface area contributed by atoms with E-state index in [1.165, 1.54) is 38.5 Å². The Labute approximate surface area is 175 Å². The molecule has 0 bridgehead atoms. The van der Waals surface area contributed by atoms with Crippen LogP contribution in [-0.2, 0) is 13.9 Å². The summed E-state index contributed by atoms with van der Waals surface area (Å²) in [5.41, 5.74) is -2.26. The van der Waals surface area contributed by atoms with Crippen LogP contribution in [0.1, 0.15) is 96.8 Å². The molecule has 0 aromatic carbocycles. The van der Waals surface area contributed by atoms with Gasteiger partial charge in [-0.05, 0) is 32.1 Å². The molecule has 0 heterocycles. The molecule has 0 aliphatic rings. The normalized spacial score (nSPS) is 14.4. The molecular weight excluding hydrogens is 395 g/mol. The largest absolute Gasteiger partial charge is 0.469 e. The van der Waals surface area contributed by atoms with Gasteiger partial charge in [0.25, 0.3) is 0 Å². The van der Waals surface area contributed by atoms with Crippen molar-refractivity contribution in [1.82, 2.24) is 0 Å². The number of carbonyl (C=O) groups excluding carboxylic acids is 1. The number of aliphatic hydroxyl groups excluding tert-OH is 1. The number of ketones is 1. The van der Waals surface area contributed by atoms with Gasteiger partial charge < -0.3 is 20.0 Å². The molecule has 29 heavy (non-hydrogen) atoms. The Balaban J connectivity index is 3.67. The molecule has 0 rings (SSSR count). The zero-order chi connectivity index (χ0) is 22.0. The highest BCUT2D eigenvalue weighted by atomic mass is 31.2. The van der Waals surface area contributed by atoms with Crippen LogP contribution in [0, 0.1) is 0 Å². The van der Waals surface area contributed by atoms with Gasteiger partial charge >= 0.3 is 7.82 Å². The van der Waals surface area contributed by atoms with E-state index < -0.39 is 32.4 Å². The summed E-state index contributed by atoms with van der Waals surface area (Å²) < 4.78 is 14.9. The number of hydrogen-bond donors (Lipinski definition) is 4. The van der Waals surface area contributed by atoms with Gasteiger partial charge in [-0.2, -0.15) is 0 Å². The van der Waals surface area contributed by atoms with Gasteiger partial charge in [-0.3, -0.25) is 9.32 Å². The number of carbonyl (C=O) groups is 1. The van der Waals surface area contributed by atoms with Gasteiger partial charge in [0.15, 0.2) is 11.4 Å². The van der Waals surface area contributed by atoms with E-state index in [4.69, 9.17) is 14.9 Å². The summed E-state index contributed by atoms with van der Waals surface area (Å²) in [4.78, 5) is 29.3. The minimum absolute atomic E-state index is 0.0414. The Morgan fingerprint density at radius 3 is 1.86 bits per heavy atom. The molecule has 1 atom stereocenters. The molecule has 172 valence electrons. The second-order valence-electron chi connectivity index (χ2n) is 7.71. The average Bonchev–Trinajstić information content (AvgIpc) is 2.68. The molecule has 0 saturated carbocycles. The Hall–Kier alpha value is -0.560. The molecule has 0 amide bonds. The van der Waals surface area contributed by atoms with Crippen molar-refractivity contribution < 1.29 is 33.9 Å². The highest BCUT2D eigenvalue weighted by molar-refractivity contribution is 7.46. The van der Waals surface area contributed by atoms with E-state index in [9.17, 15) is 14.5 Å². The van der Waals surface area contributed by atoms with Crippen molar-refractivity contribution in [3.63, 3.8) is 0 Å². The number of unbranched alkanes of at least 4 members (excludes halogenated alkanes) is 11. The standard InChI is InChI=1S/C21H41O7P/c1-2-3-4-5-6-7-8-9-10-11-12-13-14-15-16-17-20(23)21(24,18-22)19-28-29(25,26)27/h9-10,22,24H,2-8,11-19H2,1H3,(H2,25,26,27)/b10-9+. The SMILES string of the molecule is CCCCCCCC/C=C/CCCCCCCC(=O)C(O)(CO)COP(=O)(O)O. The molecule has 0 spiro atoms. The molecule has 4 N–H and O–H groups in total. The molecule has 0 radical (unpaired) electrons. The first kappa shape index (κ1) is 28.4. The zero-order valence-electron chi connectivity index (χ0n) is 17.9. The van der Waals surface area contributed by atoms with Crippen molar-refractivity contribution in [2.75, 3.05) is 13.2 Å². The lowest BCUT2D eigenvalue weighted by atomic mass is 9.95. The fourth-order valence-electron chi connectivity index (χ4n) is 2.99. The third-order valence-electron chi connectivity index (χ3n) is 4.92. The summed E-state index contributed by atoms with van der Waals surface area (Å²) in [7, 11) is -4.81. The molecule has 0 aromatic rings. The van der Waals surface area contributed by atoms with Crippen LogP contribution in [0.3, 0.4) is 0 Å². The zero-order valence-corrected chi connectivity index (χ0v) is 18.8. The van der Waals surface area contributed by atoms with Crippen molar-refractivity contribution in [3.05, 3.63) is 12.2 Å². The number of rotatable bonds is 20. The van der Waals surface area contributed by atoms with Crippen molar-refractivity contribution in [3.8, 4) is 0 Å². The van der Waals surface area contributed by atoms with E-state index in [0.29, 0.717) is 6.42 Å². The Kier molecular flexibility index (Phi) is 16.8. The van der Waals surface area contributed by atoms with Crippen LogP contribution < -0.4 is 0 Å². The van der Waals surface area contributed by atoms with Crippen LogP contribution in [0.25, 0.3) is 0 Å². The number of phosphoric acid groups is 1. The predicted molar refractivity (Wildman–Crippen MR) is 114 cm³/mol. The van der Waals surface area contributed by atoms with Gasteiger partial charge in [0.2, 0.25) is 0 Å². The maximum Gasteiger partial charge on any atom is 0.469 e. The fraction of sp³-hybridized carbons (Fsp3) is 0.857. The first-order valence-corrected chi connectivity index (χ1v) is 12.5. The summed E-state index contributed by atoms with van der Waals surface area (Å²) in [6, 6.07) is 0.